The van der Waals surface area contributed by atoms with Gasteiger partial charge in [0.15, 0.2) is 0 Å². The predicted octanol–water partition coefficient (Wildman–Crippen LogP) is 3.63. The lowest BCUT2D eigenvalue weighted by Crippen LogP contribution is -2.15. The zero-order valence-corrected chi connectivity index (χ0v) is 13.7. The van der Waals surface area contributed by atoms with Gasteiger partial charge in [-0.2, -0.15) is 0 Å². The number of nitro groups is 3. The molecule has 0 spiro atoms. The van der Waals surface area contributed by atoms with Gasteiger partial charge in [0.1, 0.15) is 0 Å². The summed E-state index contributed by atoms with van der Waals surface area (Å²) in [6, 6.07) is 4.95. The lowest BCUT2D eigenvalue weighted by atomic mass is 10.0. The summed E-state index contributed by atoms with van der Waals surface area (Å²) < 4.78 is 0. The molecule has 0 heterocycles. The maximum atomic E-state index is 12.4. The second-order valence-corrected chi connectivity index (χ2v) is 5.43. The van der Waals surface area contributed by atoms with Gasteiger partial charge in [-0.05, 0) is 13.0 Å². The fourth-order valence-corrected chi connectivity index (χ4v) is 2.35. The van der Waals surface area contributed by atoms with Gasteiger partial charge in [0, 0.05) is 23.8 Å². The number of non-ortho nitro benzene ring substituents is 2. The number of nitrogens with zero attached hydrogens (tertiary/aromatic N) is 3. The van der Waals surface area contributed by atoms with E-state index >= 15 is 0 Å². The normalized spacial score (nSPS) is 10.2. The van der Waals surface area contributed by atoms with Crippen LogP contribution in [0.1, 0.15) is 15.9 Å². The average Bonchev–Trinajstić information content (AvgIpc) is 2.55. The monoisotopic (exact) mass is 380 g/mol. The fraction of sp³-hybridized carbons (Fsp3) is 0.0714. The largest absolute Gasteiger partial charge is 0.321 e. The van der Waals surface area contributed by atoms with Crippen LogP contribution in [-0.2, 0) is 0 Å². The van der Waals surface area contributed by atoms with Crippen molar-refractivity contribution in [1.82, 2.24) is 0 Å². The third-order valence-corrected chi connectivity index (χ3v) is 3.74. The highest BCUT2D eigenvalue weighted by Gasteiger charge is 2.25. The number of carbonyl (C=O) groups is 1. The lowest BCUT2D eigenvalue weighted by Gasteiger charge is -2.09. The van der Waals surface area contributed by atoms with Gasteiger partial charge >= 0.3 is 0 Å². The Hall–Kier alpha value is -3.60. The molecule has 0 radical (unpaired) electrons. The highest BCUT2D eigenvalue weighted by atomic mass is 35.5. The zero-order valence-electron chi connectivity index (χ0n) is 13.0. The third kappa shape index (κ3) is 3.72. The van der Waals surface area contributed by atoms with E-state index in [4.69, 9.17) is 11.6 Å². The van der Waals surface area contributed by atoms with Crippen LogP contribution in [0.5, 0.6) is 0 Å². The van der Waals surface area contributed by atoms with Crippen molar-refractivity contribution in [3.05, 3.63) is 76.8 Å². The van der Waals surface area contributed by atoms with Crippen molar-refractivity contribution in [2.75, 3.05) is 5.32 Å². The van der Waals surface area contributed by atoms with Crippen molar-refractivity contribution < 1.29 is 19.6 Å². The Morgan fingerprint density at radius 2 is 1.58 bits per heavy atom. The molecule has 0 fully saturated rings. The van der Waals surface area contributed by atoms with E-state index in [1.54, 1.807) is 0 Å². The molecule has 0 saturated heterocycles. The molecule has 1 N–H and O–H groups in total. The van der Waals surface area contributed by atoms with E-state index in [2.05, 4.69) is 5.32 Å². The topological polar surface area (TPSA) is 159 Å². The molecule has 2 aromatic rings. The number of rotatable bonds is 5. The number of benzene rings is 2. The molecule has 26 heavy (non-hydrogen) atoms. The molecule has 0 bridgehead atoms. The van der Waals surface area contributed by atoms with Gasteiger partial charge in [0.2, 0.25) is 0 Å². The Kier molecular flexibility index (Phi) is 5.12. The number of hydrogen-bond acceptors (Lipinski definition) is 7. The molecule has 11 nitrogen and oxygen atoms in total. The number of anilines is 1. The molecule has 134 valence electrons. The SMILES string of the molecule is Cc1c(C(=O)Nc2ccc([N+](=O)[O-])cc2Cl)cc([N+](=O)[O-])cc1[N+](=O)[O-]. The van der Waals surface area contributed by atoms with Crippen LogP contribution in [-0.4, -0.2) is 20.7 Å². The average molecular weight is 381 g/mol. The van der Waals surface area contributed by atoms with Crippen molar-refractivity contribution in [1.29, 1.82) is 0 Å². The first-order valence-electron chi connectivity index (χ1n) is 6.80. The zero-order chi connectivity index (χ0) is 19.6. The van der Waals surface area contributed by atoms with E-state index in [-0.39, 0.29) is 27.5 Å². The number of halogens is 1. The van der Waals surface area contributed by atoms with Gasteiger partial charge in [0.25, 0.3) is 23.0 Å². The number of amides is 1. The van der Waals surface area contributed by atoms with Gasteiger partial charge in [-0.3, -0.25) is 35.1 Å². The third-order valence-electron chi connectivity index (χ3n) is 3.43. The molecule has 0 saturated carbocycles. The van der Waals surface area contributed by atoms with E-state index in [0.29, 0.717) is 0 Å². The molecular formula is C14H9ClN4O7. The first kappa shape index (κ1) is 18.7. The summed E-state index contributed by atoms with van der Waals surface area (Å²) in [7, 11) is 0. The van der Waals surface area contributed by atoms with Crippen LogP contribution < -0.4 is 5.32 Å². The summed E-state index contributed by atoms with van der Waals surface area (Å²) in [4.78, 5) is 42.7. The summed E-state index contributed by atoms with van der Waals surface area (Å²) >= 11 is 5.87. The molecule has 0 aliphatic rings. The first-order valence-corrected chi connectivity index (χ1v) is 7.18. The highest BCUT2D eigenvalue weighted by molar-refractivity contribution is 6.34. The quantitative estimate of drug-likeness (QED) is 0.612. The van der Waals surface area contributed by atoms with Crippen LogP contribution in [0.3, 0.4) is 0 Å². The summed E-state index contributed by atoms with van der Waals surface area (Å²) in [6.07, 6.45) is 0. The highest BCUT2D eigenvalue weighted by Crippen LogP contribution is 2.30. The second kappa shape index (κ2) is 7.11. The van der Waals surface area contributed by atoms with Crippen LogP contribution in [0.2, 0.25) is 5.02 Å². The number of carbonyl (C=O) groups excluding carboxylic acids is 1. The summed E-state index contributed by atoms with van der Waals surface area (Å²) in [5, 5.41) is 34.9. The van der Waals surface area contributed by atoms with Gasteiger partial charge in [0.05, 0.1) is 37.1 Å². The molecular weight excluding hydrogens is 372 g/mol. The summed E-state index contributed by atoms with van der Waals surface area (Å²) in [5.41, 5.74) is -1.86. The Morgan fingerprint density at radius 3 is 2.08 bits per heavy atom. The minimum atomic E-state index is -0.884. The lowest BCUT2D eigenvalue weighted by molar-refractivity contribution is -0.394. The molecule has 2 aromatic carbocycles. The minimum absolute atomic E-state index is 0.0100. The van der Waals surface area contributed by atoms with Crippen LogP contribution in [0.4, 0.5) is 22.7 Å². The molecule has 0 atom stereocenters. The van der Waals surface area contributed by atoms with Crippen LogP contribution >= 0.6 is 11.6 Å². The summed E-state index contributed by atoms with van der Waals surface area (Å²) in [6.45, 7) is 1.27. The molecule has 0 aliphatic heterocycles. The van der Waals surface area contributed by atoms with Crippen molar-refractivity contribution in [2.24, 2.45) is 0 Å². The Labute approximate surface area is 149 Å². The number of nitro benzene ring substituents is 3. The van der Waals surface area contributed by atoms with Gasteiger partial charge < -0.3 is 5.32 Å². The maximum Gasteiger partial charge on any atom is 0.279 e. The Morgan fingerprint density at radius 1 is 0.962 bits per heavy atom. The van der Waals surface area contributed by atoms with Crippen LogP contribution in [0, 0.1) is 37.3 Å². The van der Waals surface area contributed by atoms with E-state index in [0.717, 1.165) is 24.3 Å². The fourth-order valence-electron chi connectivity index (χ4n) is 2.12. The van der Waals surface area contributed by atoms with Crippen molar-refractivity contribution in [3.8, 4) is 0 Å². The standard InChI is InChI=1S/C14H9ClN4O7/c1-7-10(4-9(18(23)24)6-13(7)19(25)26)14(20)16-12-3-2-8(17(21)22)5-11(12)15/h2-6H,1H3,(H,16,20). The molecule has 0 aromatic heterocycles. The Balaban J connectivity index is 2.45. The minimum Gasteiger partial charge on any atom is -0.321 e. The number of hydrogen-bond donors (Lipinski definition) is 1. The van der Waals surface area contributed by atoms with Crippen LogP contribution in [0.15, 0.2) is 30.3 Å². The van der Waals surface area contributed by atoms with E-state index in [1.165, 1.54) is 13.0 Å². The smallest absolute Gasteiger partial charge is 0.279 e. The van der Waals surface area contributed by atoms with E-state index < -0.39 is 32.1 Å². The van der Waals surface area contributed by atoms with Gasteiger partial charge in [-0.25, -0.2) is 0 Å². The van der Waals surface area contributed by atoms with Gasteiger partial charge in [-0.1, -0.05) is 11.6 Å². The van der Waals surface area contributed by atoms with Gasteiger partial charge in [-0.15, -0.1) is 0 Å². The van der Waals surface area contributed by atoms with Crippen molar-refractivity contribution >= 4 is 40.3 Å². The first-order chi connectivity index (χ1) is 12.1. The molecule has 0 unspecified atom stereocenters. The van der Waals surface area contributed by atoms with Crippen LogP contribution in [0.25, 0.3) is 0 Å². The molecule has 1 amide bonds. The van der Waals surface area contributed by atoms with E-state index in [1.807, 2.05) is 0 Å². The molecule has 0 aliphatic carbocycles. The number of nitrogens with one attached hydrogen (secondary N) is 1. The molecule has 2 rings (SSSR count). The van der Waals surface area contributed by atoms with Crippen molar-refractivity contribution in [3.63, 3.8) is 0 Å². The van der Waals surface area contributed by atoms with Crippen molar-refractivity contribution in [2.45, 2.75) is 6.92 Å². The molecule has 12 heteroatoms. The maximum absolute atomic E-state index is 12.4. The predicted molar refractivity (Wildman–Crippen MR) is 90.5 cm³/mol. The van der Waals surface area contributed by atoms with E-state index in [9.17, 15) is 35.1 Å². The second-order valence-electron chi connectivity index (χ2n) is 5.03. The Bertz CT molecular complexity index is 961. The summed E-state index contributed by atoms with van der Waals surface area (Å²) in [5.74, 6) is -0.884.